The van der Waals surface area contributed by atoms with Gasteiger partial charge in [0.05, 0.1) is 17.7 Å². The van der Waals surface area contributed by atoms with Crippen LogP contribution in [0.15, 0.2) is 12.3 Å². The van der Waals surface area contributed by atoms with Gasteiger partial charge in [-0.05, 0) is 33.0 Å². The Morgan fingerprint density at radius 2 is 2.06 bits per heavy atom. The number of carbonyl (C=O) groups is 1. The molecule has 0 unspecified atom stereocenters. The van der Waals surface area contributed by atoms with E-state index in [0.717, 1.165) is 31.4 Å². The van der Waals surface area contributed by atoms with Gasteiger partial charge in [-0.2, -0.15) is 5.10 Å². The third kappa shape index (κ3) is 2.48. The molecule has 4 heteroatoms. The molecule has 100 valence electrons. The molecule has 18 heavy (non-hydrogen) atoms. The minimum absolute atomic E-state index is 0.254. The highest BCUT2D eigenvalue weighted by Gasteiger charge is 2.40. The maximum atomic E-state index is 12.6. The van der Waals surface area contributed by atoms with Crippen LogP contribution in [-0.2, 0) is 18.3 Å². The molecule has 0 radical (unpaired) electrons. The molecular formula is C14H23N3O. The van der Waals surface area contributed by atoms with Crippen LogP contribution in [0.5, 0.6) is 0 Å². The molecule has 1 aliphatic carbocycles. The third-order valence-corrected chi connectivity index (χ3v) is 4.17. The number of carbonyl (C=O) groups excluding carboxylic acids is 1. The molecule has 2 rings (SSSR count). The lowest BCUT2D eigenvalue weighted by Crippen LogP contribution is -2.53. The second kappa shape index (κ2) is 5.22. The van der Waals surface area contributed by atoms with Crippen molar-refractivity contribution >= 4 is 5.78 Å². The van der Waals surface area contributed by atoms with E-state index in [-0.39, 0.29) is 5.54 Å². The summed E-state index contributed by atoms with van der Waals surface area (Å²) in [4.78, 5) is 14.8. The first-order valence-corrected chi connectivity index (χ1v) is 6.74. The highest BCUT2D eigenvalue weighted by atomic mass is 16.1. The molecule has 1 heterocycles. The molecule has 1 aromatic heterocycles. The summed E-state index contributed by atoms with van der Waals surface area (Å²) < 4.78 is 1.76. The fourth-order valence-electron chi connectivity index (χ4n) is 3.00. The summed E-state index contributed by atoms with van der Waals surface area (Å²) in [5.41, 5.74) is 0.629. The third-order valence-electron chi connectivity index (χ3n) is 4.17. The number of aryl methyl sites for hydroxylation is 1. The molecule has 0 N–H and O–H groups in total. The van der Waals surface area contributed by atoms with Gasteiger partial charge in [-0.1, -0.05) is 19.3 Å². The maximum absolute atomic E-state index is 12.6. The number of nitrogens with zero attached hydrogens (tertiary/aromatic N) is 3. The summed E-state index contributed by atoms with van der Waals surface area (Å²) in [6, 6.07) is 1.93. The van der Waals surface area contributed by atoms with Crippen LogP contribution < -0.4 is 0 Å². The van der Waals surface area contributed by atoms with Crippen molar-refractivity contribution in [1.29, 1.82) is 0 Å². The van der Waals surface area contributed by atoms with Crippen LogP contribution >= 0.6 is 0 Å². The van der Waals surface area contributed by atoms with Gasteiger partial charge in [0.25, 0.3) is 0 Å². The van der Waals surface area contributed by atoms with E-state index in [1.807, 2.05) is 33.4 Å². The molecule has 0 amide bonds. The summed E-state index contributed by atoms with van der Waals surface area (Å²) >= 11 is 0. The van der Waals surface area contributed by atoms with Gasteiger partial charge in [0.1, 0.15) is 0 Å². The number of rotatable bonds is 4. The Morgan fingerprint density at radius 1 is 1.39 bits per heavy atom. The van der Waals surface area contributed by atoms with Crippen LogP contribution in [0.25, 0.3) is 0 Å². The van der Waals surface area contributed by atoms with Gasteiger partial charge in [-0.3, -0.25) is 14.4 Å². The van der Waals surface area contributed by atoms with Crippen LogP contribution in [0.3, 0.4) is 0 Å². The summed E-state index contributed by atoms with van der Waals surface area (Å²) in [7, 11) is 5.94. The second-order valence-corrected chi connectivity index (χ2v) is 5.57. The molecule has 0 bridgehead atoms. The lowest BCUT2D eigenvalue weighted by Gasteiger charge is -2.41. The molecule has 4 nitrogen and oxygen atoms in total. The van der Waals surface area contributed by atoms with Crippen LogP contribution in [0, 0.1) is 0 Å². The first-order valence-electron chi connectivity index (χ1n) is 6.74. The average molecular weight is 249 g/mol. The maximum Gasteiger partial charge on any atom is 0.159 e. The number of hydrogen-bond acceptors (Lipinski definition) is 3. The van der Waals surface area contributed by atoms with Crippen molar-refractivity contribution in [3.63, 3.8) is 0 Å². The predicted octanol–water partition coefficient (Wildman–Crippen LogP) is 1.80. The van der Waals surface area contributed by atoms with Crippen LogP contribution in [0.4, 0.5) is 0 Å². The number of Topliss-reactive ketones (excluding diaryl/α,β-unsaturated/α-hetero) is 1. The Morgan fingerprint density at radius 3 is 2.56 bits per heavy atom. The fourth-order valence-corrected chi connectivity index (χ4v) is 3.00. The molecule has 0 spiro atoms. The lowest BCUT2D eigenvalue weighted by atomic mass is 9.76. The number of aromatic nitrogens is 2. The first kappa shape index (κ1) is 13.3. The number of hydrogen-bond donors (Lipinski definition) is 0. The molecule has 0 atom stereocenters. The van der Waals surface area contributed by atoms with Gasteiger partial charge in [-0.15, -0.1) is 0 Å². The van der Waals surface area contributed by atoms with E-state index >= 15 is 0 Å². The van der Waals surface area contributed by atoms with Gasteiger partial charge in [0, 0.05) is 13.2 Å². The van der Waals surface area contributed by atoms with Crippen LogP contribution in [0.1, 0.15) is 37.8 Å². The molecule has 0 aromatic carbocycles. The Balaban J connectivity index is 2.13. The summed E-state index contributed by atoms with van der Waals surface area (Å²) in [6.45, 7) is 0. The highest BCUT2D eigenvalue weighted by molar-refractivity contribution is 5.90. The van der Waals surface area contributed by atoms with E-state index in [4.69, 9.17) is 0 Å². The van der Waals surface area contributed by atoms with Crippen molar-refractivity contribution in [2.45, 2.75) is 44.1 Å². The van der Waals surface area contributed by atoms with Gasteiger partial charge in [0.2, 0.25) is 0 Å². The zero-order valence-electron chi connectivity index (χ0n) is 11.6. The topological polar surface area (TPSA) is 38.1 Å². The Kier molecular flexibility index (Phi) is 3.85. The van der Waals surface area contributed by atoms with Gasteiger partial charge >= 0.3 is 0 Å². The van der Waals surface area contributed by atoms with Gasteiger partial charge in [0.15, 0.2) is 5.78 Å². The van der Waals surface area contributed by atoms with Crippen molar-refractivity contribution in [2.75, 3.05) is 14.1 Å². The predicted molar refractivity (Wildman–Crippen MR) is 71.4 cm³/mol. The van der Waals surface area contributed by atoms with Crippen LogP contribution in [-0.4, -0.2) is 40.1 Å². The van der Waals surface area contributed by atoms with Gasteiger partial charge < -0.3 is 0 Å². The van der Waals surface area contributed by atoms with Crippen molar-refractivity contribution in [3.05, 3.63) is 18.0 Å². The molecule has 1 saturated carbocycles. The van der Waals surface area contributed by atoms with E-state index < -0.39 is 0 Å². The zero-order valence-corrected chi connectivity index (χ0v) is 11.6. The van der Waals surface area contributed by atoms with Crippen molar-refractivity contribution < 1.29 is 4.79 Å². The van der Waals surface area contributed by atoms with Crippen molar-refractivity contribution in [3.8, 4) is 0 Å². The standard InChI is InChI=1S/C14H23N3O/c1-16(2)14(8-5-4-6-9-14)13(18)11-12-7-10-17(3)15-12/h7,10H,4-6,8-9,11H2,1-3H3. The fraction of sp³-hybridized carbons (Fsp3) is 0.714. The Hall–Kier alpha value is -1.16. The lowest BCUT2D eigenvalue weighted by molar-refractivity contribution is -0.131. The van der Waals surface area contributed by atoms with Crippen molar-refractivity contribution in [1.82, 2.24) is 14.7 Å². The normalized spacial score (nSPS) is 19.1. The Labute approximate surface area is 109 Å². The SMILES string of the molecule is CN(C)C1(C(=O)Cc2ccn(C)n2)CCCCC1. The number of ketones is 1. The molecule has 1 aliphatic rings. The zero-order chi connectivity index (χ0) is 13.2. The summed E-state index contributed by atoms with van der Waals surface area (Å²) in [5.74, 6) is 0.325. The van der Waals surface area contributed by atoms with E-state index in [9.17, 15) is 4.79 Å². The average Bonchev–Trinajstić information content (AvgIpc) is 2.75. The van der Waals surface area contributed by atoms with Gasteiger partial charge in [-0.25, -0.2) is 0 Å². The highest BCUT2D eigenvalue weighted by Crippen LogP contribution is 2.33. The number of likely N-dealkylation sites (N-methyl/N-ethyl adjacent to an activating group) is 1. The van der Waals surface area contributed by atoms with E-state index in [0.29, 0.717) is 12.2 Å². The monoisotopic (exact) mass is 249 g/mol. The van der Waals surface area contributed by atoms with E-state index in [1.165, 1.54) is 6.42 Å². The second-order valence-electron chi connectivity index (χ2n) is 5.57. The van der Waals surface area contributed by atoms with Crippen LogP contribution in [0.2, 0.25) is 0 Å². The van der Waals surface area contributed by atoms with E-state index in [1.54, 1.807) is 4.68 Å². The molecule has 0 aliphatic heterocycles. The minimum Gasteiger partial charge on any atom is -0.297 e. The largest absolute Gasteiger partial charge is 0.297 e. The smallest absolute Gasteiger partial charge is 0.159 e. The summed E-state index contributed by atoms with van der Waals surface area (Å²) in [6.07, 6.45) is 7.91. The molecule has 0 saturated heterocycles. The molecular weight excluding hydrogens is 226 g/mol. The Bertz CT molecular complexity index is 416. The quantitative estimate of drug-likeness (QED) is 0.816. The van der Waals surface area contributed by atoms with Crippen molar-refractivity contribution in [2.24, 2.45) is 7.05 Å². The molecule has 1 aromatic rings. The minimum atomic E-state index is -0.254. The first-order chi connectivity index (χ1) is 8.54. The summed E-state index contributed by atoms with van der Waals surface area (Å²) in [5, 5.41) is 4.31. The van der Waals surface area contributed by atoms with E-state index in [2.05, 4.69) is 10.00 Å². The molecule has 1 fully saturated rings.